The Labute approximate surface area is 106 Å². The third-order valence-electron chi connectivity index (χ3n) is 2.47. The summed E-state index contributed by atoms with van der Waals surface area (Å²) in [6.45, 7) is 9.81. The lowest BCUT2D eigenvalue weighted by atomic mass is 10.2. The predicted octanol–water partition coefficient (Wildman–Crippen LogP) is 1.94. The van der Waals surface area contributed by atoms with Gasteiger partial charge in [0.25, 0.3) is 0 Å². The van der Waals surface area contributed by atoms with E-state index >= 15 is 0 Å². The number of nitrogens with zero attached hydrogens (tertiary/aromatic N) is 3. The van der Waals surface area contributed by atoms with E-state index in [4.69, 9.17) is 0 Å². The molecule has 1 aromatic rings. The molecule has 0 aliphatic rings. The van der Waals surface area contributed by atoms with E-state index in [1.807, 2.05) is 27.7 Å². The first-order valence-corrected chi connectivity index (χ1v) is 6.71. The van der Waals surface area contributed by atoms with Crippen LogP contribution in [0.2, 0.25) is 0 Å². The molecule has 0 bridgehead atoms. The molecule has 0 atom stereocenters. The SMILES string of the molecule is CCN(CC)C(=O)CNc1nc(C(C)C)ns1. The highest BCUT2D eigenvalue weighted by atomic mass is 32.1. The Bertz CT molecular complexity index is 360. The van der Waals surface area contributed by atoms with Crippen LogP contribution < -0.4 is 5.32 Å². The molecule has 1 heterocycles. The summed E-state index contributed by atoms with van der Waals surface area (Å²) in [7, 11) is 0. The number of aromatic nitrogens is 2. The molecular weight excluding hydrogens is 236 g/mol. The molecule has 1 aromatic heterocycles. The highest BCUT2D eigenvalue weighted by Crippen LogP contribution is 2.16. The van der Waals surface area contributed by atoms with Crippen LogP contribution in [0.3, 0.4) is 0 Å². The largest absolute Gasteiger partial charge is 0.351 e. The summed E-state index contributed by atoms with van der Waals surface area (Å²) in [5, 5.41) is 3.74. The highest BCUT2D eigenvalue weighted by molar-refractivity contribution is 7.09. The zero-order valence-corrected chi connectivity index (χ0v) is 11.7. The number of hydrogen-bond acceptors (Lipinski definition) is 5. The molecule has 0 saturated carbocycles. The fourth-order valence-corrected chi connectivity index (χ4v) is 2.08. The van der Waals surface area contributed by atoms with Gasteiger partial charge in [0.2, 0.25) is 11.0 Å². The predicted molar refractivity (Wildman–Crippen MR) is 70.4 cm³/mol. The minimum atomic E-state index is 0.0938. The number of carbonyl (C=O) groups is 1. The zero-order valence-electron chi connectivity index (χ0n) is 10.9. The maximum absolute atomic E-state index is 11.7. The number of carbonyl (C=O) groups excluding carboxylic acids is 1. The van der Waals surface area contributed by atoms with Crippen molar-refractivity contribution in [2.45, 2.75) is 33.6 Å². The summed E-state index contributed by atoms with van der Waals surface area (Å²) in [5.41, 5.74) is 0. The van der Waals surface area contributed by atoms with Crippen LogP contribution in [-0.4, -0.2) is 39.8 Å². The van der Waals surface area contributed by atoms with E-state index in [9.17, 15) is 4.79 Å². The van der Waals surface area contributed by atoms with E-state index in [-0.39, 0.29) is 12.5 Å². The summed E-state index contributed by atoms with van der Waals surface area (Å²) >= 11 is 1.30. The van der Waals surface area contributed by atoms with Crippen molar-refractivity contribution in [3.8, 4) is 0 Å². The van der Waals surface area contributed by atoms with Crippen LogP contribution in [0.25, 0.3) is 0 Å². The van der Waals surface area contributed by atoms with E-state index in [1.165, 1.54) is 11.5 Å². The topological polar surface area (TPSA) is 58.1 Å². The van der Waals surface area contributed by atoms with Gasteiger partial charge in [0.15, 0.2) is 0 Å². The van der Waals surface area contributed by atoms with E-state index in [1.54, 1.807) is 4.90 Å². The molecule has 0 saturated heterocycles. The highest BCUT2D eigenvalue weighted by Gasteiger charge is 2.11. The molecule has 96 valence electrons. The molecule has 5 nitrogen and oxygen atoms in total. The Morgan fingerprint density at radius 2 is 2.06 bits per heavy atom. The fourth-order valence-electron chi connectivity index (χ4n) is 1.38. The Morgan fingerprint density at radius 3 is 2.53 bits per heavy atom. The molecule has 0 aromatic carbocycles. The molecule has 6 heteroatoms. The van der Waals surface area contributed by atoms with Crippen molar-refractivity contribution in [3.05, 3.63) is 5.82 Å². The Balaban J connectivity index is 2.47. The van der Waals surface area contributed by atoms with Crippen molar-refractivity contribution < 1.29 is 4.79 Å². The molecule has 1 N–H and O–H groups in total. The van der Waals surface area contributed by atoms with Gasteiger partial charge in [-0.15, -0.1) is 0 Å². The number of rotatable bonds is 6. The molecule has 0 radical (unpaired) electrons. The maximum Gasteiger partial charge on any atom is 0.241 e. The maximum atomic E-state index is 11.7. The summed E-state index contributed by atoms with van der Waals surface area (Å²) in [6.07, 6.45) is 0. The van der Waals surface area contributed by atoms with Crippen LogP contribution in [-0.2, 0) is 4.79 Å². The number of anilines is 1. The second-order valence-electron chi connectivity index (χ2n) is 4.03. The fraction of sp³-hybridized carbons (Fsp3) is 0.727. The standard InChI is InChI=1S/C11H20N4OS/c1-5-15(6-2)9(16)7-12-11-13-10(8(3)4)14-17-11/h8H,5-7H2,1-4H3,(H,12,13,14). The zero-order chi connectivity index (χ0) is 12.8. The van der Waals surface area contributed by atoms with E-state index in [0.29, 0.717) is 11.0 Å². The van der Waals surface area contributed by atoms with Crippen LogP contribution in [0.4, 0.5) is 5.13 Å². The molecular formula is C11H20N4OS. The molecule has 1 rings (SSSR count). The third kappa shape index (κ3) is 3.96. The third-order valence-corrected chi connectivity index (χ3v) is 3.15. The summed E-state index contributed by atoms with van der Waals surface area (Å²) in [6, 6.07) is 0. The van der Waals surface area contributed by atoms with Crippen LogP contribution in [0.5, 0.6) is 0 Å². The number of nitrogens with one attached hydrogen (secondary N) is 1. The van der Waals surface area contributed by atoms with Crippen LogP contribution in [0.15, 0.2) is 0 Å². The van der Waals surface area contributed by atoms with Crippen LogP contribution in [0.1, 0.15) is 39.4 Å². The van der Waals surface area contributed by atoms with Gasteiger partial charge >= 0.3 is 0 Å². The van der Waals surface area contributed by atoms with Gasteiger partial charge in [-0.25, -0.2) is 4.98 Å². The Kier molecular flexibility index (Phi) is 5.34. The minimum Gasteiger partial charge on any atom is -0.351 e. The van der Waals surface area contributed by atoms with Crippen molar-refractivity contribution in [3.63, 3.8) is 0 Å². The van der Waals surface area contributed by atoms with Crippen molar-refractivity contribution >= 4 is 22.6 Å². The average Bonchev–Trinajstić information content (AvgIpc) is 2.76. The summed E-state index contributed by atoms with van der Waals surface area (Å²) < 4.78 is 4.22. The van der Waals surface area contributed by atoms with Gasteiger partial charge in [0, 0.05) is 30.5 Å². The minimum absolute atomic E-state index is 0.0938. The van der Waals surface area contributed by atoms with Gasteiger partial charge in [-0.2, -0.15) is 4.37 Å². The number of amides is 1. The lowest BCUT2D eigenvalue weighted by molar-refractivity contribution is -0.128. The molecule has 17 heavy (non-hydrogen) atoms. The lowest BCUT2D eigenvalue weighted by Gasteiger charge is -2.18. The summed E-state index contributed by atoms with van der Waals surface area (Å²) in [5.74, 6) is 1.24. The molecule has 0 spiro atoms. The second-order valence-corrected chi connectivity index (χ2v) is 4.78. The molecule has 0 aliphatic heterocycles. The normalized spacial score (nSPS) is 10.6. The smallest absolute Gasteiger partial charge is 0.241 e. The summed E-state index contributed by atoms with van der Waals surface area (Å²) in [4.78, 5) is 17.8. The van der Waals surface area contributed by atoms with Gasteiger partial charge in [0.05, 0.1) is 6.54 Å². The van der Waals surface area contributed by atoms with E-state index in [2.05, 4.69) is 14.7 Å². The van der Waals surface area contributed by atoms with Crippen molar-refractivity contribution in [2.75, 3.05) is 25.0 Å². The molecule has 0 unspecified atom stereocenters. The van der Waals surface area contributed by atoms with E-state index in [0.717, 1.165) is 18.9 Å². The Morgan fingerprint density at radius 1 is 1.41 bits per heavy atom. The first kappa shape index (κ1) is 13.9. The number of hydrogen-bond donors (Lipinski definition) is 1. The molecule has 1 amide bonds. The van der Waals surface area contributed by atoms with Crippen molar-refractivity contribution in [2.24, 2.45) is 0 Å². The first-order valence-electron chi connectivity index (χ1n) is 5.93. The monoisotopic (exact) mass is 256 g/mol. The van der Waals surface area contributed by atoms with Crippen LogP contribution >= 0.6 is 11.5 Å². The van der Waals surface area contributed by atoms with E-state index < -0.39 is 0 Å². The van der Waals surface area contributed by atoms with Gasteiger partial charge in [-0.3, -0.25) is 4.79 Å². The quantitative estimate of drug-likeness (QED) is 0.845. The molecule has 0 aliphatic carbocycles. The Hall–Kier alpha value is -1.17. The number of likely N-dealkylation sites (N-methyl/N-ethyl adjacent to an activating group) is 1. The first-order chi connectivity index (χ1) is 8.08. The van der Waals surface area contributed by atoms with Crippen molar-refractivity contribution in [1.29, 1.82) is 0 Å². The second kappa shape index (κ2) is 6.54. The van der Waals surface area contributed by atoms with Gasteiger partial charge in [-0.1, -0.05) is 13.8 Å². The van der Waals surface area contributed by atoms with Gasteiger partial charge in [-0.05, 0) is 13.8 Å². The van der Waals surface area contributed by atoms with Gasteiger partial charge in [0.1, 0.15) is 5.82 Å². The van der Waals surface area contributed by atoms with Crippen molar-refractivity contribution in [1.82, 2.24) is 14.3 Å². The van der Waals surface area contributed by atoms with Gasteiger partial charge < -0.3 is 10.2 Å². The van der Waals surface area contributed by atoms with Crippen LogP contribution in [0, 0.1) is 0 Å². The molecule has 0 fully saturated rings. The lowest BCUT2D eigenvalue weighted by Crippen LogP contribution is -2.35. The average molecular weight is 256 g/mol.